The average molecular weight is 595 g/mol. The van der Waals surface area contributed by atoms with Gasteiger partial charge < -0.3 is 19.1 Å². The zero-order chi connectivity index (χ0) is 29.7. The van der Waals surface area contributed by atoms with Crippen LogP contribution in [0.25, 0.3) is 11.1 Å². The molecule has 0 bridgehead atoms. The van der Waals surface area contributed by atoms with Gasteiger partial charge in [-0.15, -0.1) is 13.2 Å². The van der Waals surface area contributed by atoms with Crippen LogP contribution in [-0.4, -0.2) is 44.0 Å². The Kier molecular flexibility index (Phi) is 6.91. The van der Waals surface area contributed by atoms with Crippen LogP contribution in [0.4, 0.5) is 13.2 Å². The molecule has 3 heterocycles. The molecular weight excluding hydrogens is 565 g/mol. The highest BCUT2D eigenvalue weighted by atomic mass is 19.4. The van der Waals surface area contributed by atoms with E-state index in [0.717, 1.165) is 35.1 Å². The Hall–Kier alpha value is -4.26. The molecule has 43 heavy (non-hydrogen) atoms. The van der Waals surface area contributed by atoms with Gasteiger partial charge in [0.2, 0.25) is 17.7 Å². The van der Waals surface area contributed by atoms with Crippen molar-refractivity contribution in [3.63, 3.8) is 0 Å². The molecule has 2 atom stereocenters. The van der Waals surface area contributed by atoms with Gasteiger partial charge in [0.05, 0.1) is 18.4 Å². The van der Waals surface area contributed by atoms with E-state index in [4.69, 9.17) is 9.05 Å². The molecule has 1 amide bonds. The fraction of sp³-hybridized carbons (Fsp3) is 0.433. The van der Waals surface area contributed by atoms with Crippen molar-refractivity contribution >= 4 is 5.91 Å². The number of hydrogen-bond acceptors (Lipinski definition) is 9. The van der Waals surface area contributed by atoms with E-state index in [1.54, 1.807) is 19.1 Å². The predicted molar refractivity (Wildman–Crippen MR) is 144 cm³/mol. The quantitative estimate of drug-likeness (QED) is 0.280. The molecule has 7 rings (SSSR count). The third kappa shape index (κ3) is 6.12. The standard InChI is InChI=1S/C30H29F3N6O4/c1-16-35-29(43-37-16)24-12-23(24)27(40)34-13-19-7-8-21(18-3-2-4-20(11-18)41-30(31,32)33)22-9-10-39(14-25(19)22)15-26-36-28(42-38-26)17-5-6-17/h2-4,7-8,11,17,23-24H,5-6,9-10,12-15H2,1H3,(H,34,40). The minimum atomic E-state index is -4.78. The minimum absolute atomic E-state index is 0.0744. The normalized spacial score (nSPS) is 20.1. The first kappa shape index (κ1) is 27.6. The van der Waals surface area contributed by atoms with Crippen LogP contribution in [0.2, 0.25) is 0 Å². The molecule has 0 radical (unpaired) electrons. The second-order valence-electron chi connectivity index (χ2n) is 11.4. The fourth-order valence-corrected chi connectivity index (χ4v) is 5.79. The van der Waals surface area contributed by atoms with E-state index in [0.29, 0.717) is 73.9 Å². The lowest BCUT2D eigenvalue weighted by Crippen LogP contribution is -2.33. The molecule has 10 nitrogen and oxygen atoms in total. The van der Waals surface area contributed by atoms with E-state index in [2.05, 4.69) is 35.2 Å². The summed E-state index contributed by atoms with van der Waals surface area (Å²) in [6.45, 7) is 3.83. The third-order valence-electron chi connectivity index (χ3n) is 8.18. The monoisotopic (exact) mass is 594 g/mol. The molecule has 0 spiro atoms. The van der Waals surface area contributed by atoms with Gasteiger partial charge in [-0.25, -0.2) is 0 Å². The van der Waals surface area contributed by atoms with Crippen molar-refractivity contribution in [1.29, 1.82) is 0 Å². The van der Waals surface area contributed by atoms with Gasteiger partial charge in [0, 0.05) is 25.6 Å². The Labute approximate surface area is 244 Å². The lowest BCUT2D eigenvalue weighted by Gasteiger charge is -2.31. The third-order valence-corrected chi connectivity index (χ3v) is 8.18. The van der Waals surface area contributed by atoms with Crippen molar-refractivity contribution < 1.29 is 31.7 Å². The zero-order valence-corrected chi connectivity index (χ0v) is 23.4. The first-order chi connectivity index (χ1) is 20.7. The molecule has 3 aliphatic rings. The number of hydrogen-bond donors (Lipinski definition) is 1. The van der Waals surface area contributed by atoms with Crippen molar-refractivity contribution in [2.75, 3.05) is 6.54 Å². The van der Waals surface area contributed by atoms with E-state index in [-0.39, 0.29) is 23.5 Å². The molecule has 2 unspecified atom stereocenters. The number of aromatic nitrogens is 4. The van der Waals surface area contributed by atoms with Gasteiger partial charge >= 0.3 is 6.36 Å². The lowest BCUT2D eigenvalue weighted by atomic mass is 9.87. The summed E-state index contributed by atoms with van der Waals surface area (Å²) in [6.07, 6.45) is -1.32. The van der Waals surface area contributed by atoms with Crippen molar-refractivity contribution in [3.8, 4) is 16.9 Å². The van der Waals surface area contributed by atoms with Crippen molar-refractivity contribution in [3.05, 3.63) is 76.5 Å². The number of carbonyl (C=O) groups is 1. The van der Waals surface area contributed by atoms with Crippen molar-refractivity contribution in [2.24, 2.45) is 5.92 Å². The predicted octanol–water partition coefficient (Wildman–Crippen LogP) is 5.18. The SMILES string of the molecule is Cc1noc(C2CC2C(=O)NCc2ccc(-c3cccc(OC(F)(F)F)c3)c3c2CN(Cc2noc(C4CC4)n2)CC3)n1. The first-order valence-corrected chi connectivity index (χ1v) is 14.3. The number of ether oxygens (including phenoxy) is 1. The molecule has 224 valence electrons. The van der Waals surface area contributed by atoms with Gasteiger partial charge in [0.15, 0.2) is 11.6 Å². The zero-order valence-electron chi connectivity index (χ0n) is 23.4. The van der Waals surface area contributed by atoms with Gasteiger partial charge in [-0.2, -0.15) is 9.97 Å². The van der Waals surface area contributed by atoms with E-state index in [9.17, 15) is 18.0 Å². The summed E-state index contributed by atoms with van der Waals surface area (Å²) >= 11 is 0. The summed E-state index contributed by atoms with van der Waals surface area (Å²) in [5.41, 5.74) is 4.46. The summed E-state index contributed by atoms with van der Waals surface area (Å²) in [5.74, 6) is 2.06. The summed E-state index contributed by atoms with van der Waals surface area (Å²) in [7, 11) is 0. The smallest absolute Gasteiger partial charge is 0.406 e. The lowest BCUT2D eigenvalue weighted by molar-refractivity contribution is -0.274. The maximum atomic E-state index is 13.0. The summed E-state index contributed by atoms with van der Waals surface area (Å²) in [4.78, 5) is 24.0. The molecule has 13 heteroatoms. The van der Waals surface area contributed by atoms with Gasteiger partial charge in [0.25, 0.3) is 0 Å². The highest BCUT2D eigenvalue weighted by Crippen LogP contribution is 2.47. The van der Waals surface area contributed by atoms with Crippen molar-refractivity contribution in [1.82, 2.24) is 30.5 Å². The number of benzene rings is 2. The maximum Gasteiger partial charge on any atom is 0.573 e. The number of amides is 1. The van der Waals surface area contributed by atoms with Crippen LogP contribution in [0.5, 0.6) is 5.75 Å². The molecule has 2 aromatic carbocycles. The Morgan fingerprint density at radius 1 is 1.09 bits per heavy atom. The molecular formula is C30H29F3N6O4. The van der Waals surface area contributed by atoms with Crippen LogP contribution >= 0.6 is 0 Å². The summed E-state index contributed by atoms with van der Waals surface area (Å²) < 4.78 is 53.6. The maximum absolute atomic E-state index is 13.0. The van der Waals surface area contributed by atoms with Crippen LogP contribution in [0.1, 0.15) is 71.2 Å². The van der Waals surface area contributed by atoms with E-state index >= 15 is 0 Å². The number of carbonyl (C=O) groups excluding carboxylic acids is 1. The molecule has 2 fully saturated rings. The van der Waals surface area contributed by atoms with Crippen LogP contribution in [0.15, 0.2) is 45.4 Å². The second-order valence-corrected chi connectivity index (χ2v) is 11.4. The number of rotatable bonds is 9. The number of alkyl halides is 3. The number of nitrogens with one attached hydrogen (secondary N) is 1. The highest BCUT2D eigenvalue weighted by Gasteiger charge is 2.47. The van der Waals surface area contributed by atoms with Gasteiger partial charge in [-0.1, -0.05) is 34.6 Å². The number of aryl methyl sites for hydroxylation is 1. The highest BCUT2D eigenvalue weighted by molar-refractivity contribution is 5.82. The van der Waals surface area contributed by atoms with Gasteiger partial charge in [-0.05, 0) is 72.6 Å². The molecule has 1 N–H and O–H groups in total. The second kappa shape index (κ2) is 10.8. The number of halogens is 3. The summed E-state index contributed by atoms with van der Waals surface area (Å²) in [5, 5.41) is 11.1. The van der Waals surface area contributed by atoms with E-state index in [1.165, 1.54) is 12.1 Å². The summed E-state index contributed by atoms with van der Waals surface area (Å²) in [6, 6.07) is 9.86. The number of nitrogens with zero attached hydrogens (tertiary/aromatic N) is 5. The molecule has 4 aromatic rings. The largest absolute Gasteiger partial charge is 0.573 e. The fourth-order valence-electron chi connectivity index (χ4n) is 5.79. The Balaban J connectivity index is 1.13. The molecule has 2 aromatic heterocycles. The Bertz CT molecular complexity index is 1660. The van der Waals surface area contributed by atoms with Crippen LogP contribution in [0.3, 0.4) is 0 Å². The number of fused-ring (bicyclic) bond motifs is 1. The van der Waals surface area contributed by atoms with Gasteiger partial charge in [0.1, 0.15) is 5.75 Å². The molecule has 2 aliphatic carbocycles. The Morgan fingerprint density at radius 3 is 2.70 bits per heavy atom. The first-order valence-electron chi connectivity index (χ1n) is 14.3. The average Bonchev–Trinajstić information content (AvgIpc) is 3.89. The van der Waals surface area contributed by atoms with E-state index in [1.807, 2.05) is 12.1 Å². The van der Waals surface area contributed by atoms with Crippen LogP contribution in [0, 0.1) is 12.8 Å². The molecule has 2 saturated carbocycles. The molecule has 1 aliphatic heterocycles. The minimum Gasteiger partial charge on any atom is -0.406 e. The van der Waals surface area contributed by atoms with Gasteiger partial charge in [-0.3, -0.25) is 9.69 Å². The molecule has 0 saturated heterocycles. The Morgan fingerprint density at radius 2 is 1.93 bits per heavy atom. The van der Waals surface area contributed by atoms with Crippen LogP contribution in [-0.2, 0) is 30.8 Å². The topological polar surface area (TPSA) is 119 Å². The van der Waals surface area contributed by atoms with Crippen molar-refractivity contribution in [2.45, 2.75) is 70.4 Å². The van der Waals surface area contributed by atoms with E-state index < -0.39 is 6.36 Å². The van der Waals surface area contributed by atoms with Crippen LogP contribution < -0.4 is 10.1 Å².